The summed E-state index contributed by atoms with van der Waals surface area (Å²) >= 11 is 11.8. The molecule has 0 amide bonds. The third-order valence-electron chi connectivity index (χ3n) is 2.77. The third-order valence-corrected chi connectivity index (χ3v) is 3.51. The summed E-state index contributed by atoms with van der Waals surface area (Å²) in [6, 6.07) is 9.21. The Morgan fingerprint density at radius 2 is 1.55 bits per heavy atom. The summed E-state index contributed by atoms with van der Waals surface area (Å²) in [5.74, 6) is -1.35. The largest absolute Gasteiger partial charge is 0.419 e. The normalized spacial score (nSPS) is 13.3. The molecule has 0 bridgehead atoms. The van der Waals surface area contributed by atoms with Crippen molar-refractivity contribution in [1.82, 2.24) is 0 Å². The molecule has 1 unspecified atom stereocenters. The van der Waals surface area contributed by atoms with Gasteiger partial charge >= 0.3 is 6.18 Å². The third kappa shape index (κ3) is 3.07. The van der Waals surface area contributed by atoms with Crippen molar-refractivity contribution in [2.75, 3.05) is 0 Å². The highest BCUT2D eigenvalue weighted by Gasteiger charge is 2.35. The van der Waals surface area contributed by atoms with Crippen LogP contribution in [-0.4, -0.2) is 0 Å². The Kier molecular flexibility index (Phi) is 4.25. The zero-order valence-corrected chi connectivity index (χ0v) is 11.4. The molecule has 2 aromatic rings. The van der Waals surface area contributed by atoms with Gasteiger partial charge in [0, 0.05) is 10.6 Å². The number of hydrogen-bond donors (Lipinski definition) is 0. The Morgan fingerprint density at radius 1 is 0.950 bits per heavy atom. The van der Waals surface area contributed by atoms with Crippen LogP contribution in [0.25, 0.3) is 0 Å². The zero-order valence-electron chi connectivity index (χ0n) is 9.89. The Bertz CT molecular complexity index is 606. The lowest BCUT2D eigenvalue weighted by molar-refractivity contribution is -0.140. The summed E-state index contributed by atoms with van der Waals surface area (Å²) in [6.07, 6.45) is -4.75. The van der Waals surface area contributed by atoms with Gasteiger partial charge in [-0.2, -0.15) is 13.2 Å². The van der Waals surface area contributed by atoms with Gasteiger partial charge in [-0.15, -0.1) is 11.6 Å². The van der Waals surface area contributed by atoms with Crippen molar-refractivity contribution in [3.05, 3.63) is 70.0 Å². The number of hydrogen-bond acceptors (Lipinski definition) is 0. The fraction of sp³-hybridized carbons (Fsp3) is 0.143. The second-order valence-electron chi connectivity index (χ2n) is 4.12. The van der Waals surface area contributed by atoms with Gasteiger partial charge in [-0.3, -0.25) is 0 Å². The van der Waals surface area contributed by atoms with E-state index in [2.05, 4.69) is 0 Å². The molecule has 2 rings (SSSR count). The second-order valence-corrected chi connectivity index (χ2v) is 4.99. The average Bonchev–Trinajstić information content (AvgIpc) is 2.37. The number of halogens is 6. The predicted octanol–water partition coefficient (Wildman–Crippen LogP) is 5.83. The highest BCUT2D eigenvalue weighted by molar-refractivity contribution is 6.30. The maximum Gasteiger partial charge on any atom is 0.419 e. The zero-order chi connectivity index (χ0) is 14.9. The van der Waals surface area contributed by atoms with Crippen LogP contribution >= 0.6 is 23.2 Å². The molecule has 1 atom stereocenters. The fourth-order valence-electron chi connectivity index (χ4n) is 1.78. The van der Waals surface area contributed by atoms with Crippen LogP contribution in [-0.2, 0) is 6.18 Å². The molecule has 0 N–H and O–H groups in total. The molecule has 0 fully saturated rings. The summed E-state index contributed by atoms with van der Waals surface area (Å²) in [5.41, 5.74) is -1.08. The van der Waals surface area contributed by atoms with Gasteiger partial charge in [0.05, 0.1) is 10.9 Å². The molecular weight excluding hydrogens is 315 g/mol. The molecule has 0 radical (unpaired) electrons. The topological polar surface area (TPSA) is 0 Å². The van der Waals surface area contributed by atoms with E-state index in [0.29, 0.717) is 16.7 Å². The van der Waals surface area contributed by atoms with Crippen molar-refractivity contribution in [2.45, 2.75) is 11.6 Å². The molecule has 2 aromatic carbocycles. The number of alkyl halides is 4. The lowest BCUT2D eigenvalue weighted by atomic mass is 10.0. The van der Waals surface area contributed by atoms with Gasteiger partial charge < -0.3 is 0 Å². The first-order valence-corrected chi connectivity index (χ1v) is 6.37. The van der Waals surface area contributed by atoms with E-state index >= 15 is 0 Å². The van der Waals surface area contributed by atoms with E-state index in [1.54, 1.807) is 12.1 Å². The molecule has 0 nitrogen and oxygen atoms in total. The van der Waals surface area contributed by atoms with E-state index in [4.69, 9.17) is 23.2 Å². The molecule has 106 valence electrons. The summed E-state index contributed by atoms with van der Waals surface area (Å²) in [7, 11) is 0. The van der Waals surface area contributed by atoms with E-state index in [9.17, 15) is 17.6 Å². The van der Waals surface area contributed by atoms with E-state index in [1.807, 2.05) is 0 Å². The standard InChI is InChI=1S/C14H8Cl2F4/c15-9-6-4-8(5-7-9)12(16)10-2-1-3-11(13(10)17)14(18,19)20/h1-7,12H. The van der Waals surface area contributed by atoms with Gasteiger partial charge in [0.1, 0.15) is 5.82 Å². The number of benzene rings is 2. The molecule has 0 saturated heterocycles. The first-order valence-electron chi connectivity index (χ1n) is 5.56. The van der Waals surface area contributed by atoms with Gasteiger partial charge in [0.2, 0.25) is 0 Å². The van der Waals surface area contributed by atoms with E-state index in [-0.39, 0.29) is 5.56 Å². The second kappa shape index (κ2) is 5.62. The SMILES string of the molecule is Fc1c(C(Cl)c2ccc(Cl)cc2)cccc1C(F)(F)F. The van der Waals surface area contributed by atoms with Crippen molar-refractivity contribution >= 4 is 23.2 Å². The summed E-state index contributed by atoms with van der Waals surface area (Å²) in [5, 5.41) is -0.559. The summed E-state index contributed by atoms with van der Waals surface area (Å²) in [6.45, 7) is 0. The molecule has 6 heteroatoms. The summed E-state index contributed by atoms with van der Waals surface area (Å²) in [4.78, 5) is 0. The van der Waals surface area contributed by atoms with E-state index < -0.39 is 22.9 Å². The van der Waals surface area contributed by atoms with Crippen molar-refractivity contribution in [3.8, 4) is 0 Å². The van der Waals surface area contributed by atoms with Crippen LogP contribution in [0.15, 0.2) is 42.5 Å². The number of rotatable bonds is 2. The van der Waals surface area contributed by atoms with Crippen LogP contribution in [0, 0.1) is 5.82 Å². The molecule has 0 aliphatic heterocycles. The van der Waals surface area contributed by atoms with Crippen molar-refractivity contribution in [3.63, 3.8) is 0 Å². The molecule has 0 heterocycles. The minimum Gasteiger partial charge on any atom is -0.206 e. The van der Waals surface area contributed by atoms with Crippen LogP contribution in [0.3, 0.4) is 0 Å². The predicted molar refractivity (Wildman–Crippen MR) is 70.6 cm³/mol. The molecule has 0 aromatic heterocycles. The van der Waals surface area contributed by atoms with Gasteiger partial charge in [0.15, 0.2) is 0 Å². The van der Waals surface area contributed by atoms with E-state index in [0.717, 1.165) is 6.07 Å². The molecule has 0 aliphatic carbocycles. The van der Waals surface area contributed by atoms with Crippen LogP contribution in [0.2, 0.25) is 5.02 Å². The Morgan fingerprint density at radius 3 is 2.10 bits per heavy atom. The highest BCUT2D eigenvalue weighted by Crippen LogP contribution is 2.37. The molecule has 0 aliphatic rings. The van der Waals surface area contributed by atoms with Crippen molar-refractivity contribution in [2.24, 2.45) is 0 Å². The first-order chi connectivity index (χ1) is 9.30. The lowest BCUT2D eigenvalue weighted by Crippen LogP contribution is -2.10. The fourth-order valence-corrected chi connectivity index (χ4v) is 2.22. The van der Waals surface area contributed by atoms with Gasteiger partial charge in [0.25, 0.3) is 0 Å². The minimum atomic E-state index is -4.75. The van der Waals surface area contributed by atoms with Crippen LogP contribution in [0.5, 0.6) is 0 Å². The smallest absolute Gasteiger partial charge is 0.206 e. The molecule has 0 spiro atoms. The maximum absolute atomic E-state index is 14.0. The quantitative estimate of drug-likeness (QED) is 0.482. The Labute approximate surface area is 122 Å². The molecular formula is C14H8Cl2F4. The van der Waals surface area contributed by atoms with Gasteiger partial charge in [-0.05, 0) is 23.8 Å². The molecule has 0 saturated carbocycles. The van der Waals surface area contributed by atoms with Crippen LogP contribution in [0.1, 0.15) is 22.1 Å². The van der Waals surface area contributed by atoms with Crippen molar-refractivity contribution < 1.29 is 17.6 Å². The van der Waals surface area contributed by atoms with E-state index in [1.165, 1.54) is 18.2 Å². The van der Waals surface area contributed by atoms with Gasteiger partial charge in [-0.1, -0.05) is 35.9 Å². The van der Waals surface area contributed by atoms with Crippen molar-refractivity contribution in [1.29, 1.82) is 0 Å². The lowest BCUT2D eigenvalue weighted by Gasteiger charge is -2.15. The molecule has 20 heavy (non-hydrogen) atoms. The van der Waals surface area contributed by atoms with Gasteiger partial charge in [-0.25, -0.2) is 4.39 Å². The maximum atomic E-state index is 14.0. The Hall–Kier alpha value is -1.26. The highest BCUT2D eigenvalue weighted by atomic mass is 35.5. The monoisotopic (exact) mass is 322 g/mol. The average molecular weight is 323 g/mol. The Balaban J connectivity index is 2.45. The summed E-state index contributed by atoms with van der Waals surface area (Å²) < 4.78 is 51.9. The first kappa shape index (κ1) is 15.1. The minimum absolute atomic E-state index is 0.219. The van der Waals surface area contributed by atoms with Crippen LogP contribution in [0.4, 0.5) is 17.6 Å². The van der Waals surface area contributed by atoms with Crippen LogP contribution < -0.4 is 0 Å².